The minimum atomic E-state index is -1.03. The molecule has 5 heteroatoms. The second-order valence-electron chi connectivity index (χ2n) is 3.64. The molecule has 1 atom stereocenters. The number of benzene rings is 1. The molecule has 0 unspecified atom stereocenters. The summed E-state index contributed by atoms with van der Waals surface area (Å²) in [5.41, 5.74) is 6.73. The quantitative estimate of drug-likeness (QED) is 0.786. The van der Waals surface area contributed by atoms with Gasteiger partial charge in [0.25, 0.3) is 0 Å². The Balaban J connectivity index is 2.55. The van der Waals surface area contributed by atoms with Crippen molar-refractivity contribution >= 4 is 5.97 Å². The van der Waals surface area contributed by atoms with Gasteiger partial charge >= 0.3 is 5.97 Å². The molecule has 1 aromatic rings. The summed E-state index contributed by atoms with van der Waals surface area (Å²) in [7, 11) is 1.43. The van der Waals surface area contributed by atoms with Crippen molar-refractivity contribution in [2.24, 2.45) is 5.73 Å². The maximum atomic E-state index is 11.0. The first-order valence-corrected chi connectivity index (χ1v) is 4.97. The monoisotopic (exact) mass is 223 g/mol. The van der Waals surface area contributed by atoms with E-state index in [1.54, 1.807) is 6.07 Å². The van der Waals surface area contributed by atoms with Crippen molar-refractivity contribution in [3.63, 3.8) is 0 Å². The Morgan fingerprint density at radius 2 is 2.38 bits per heavy atom. The van der Waals surface area contributed by atoms with Gasteiger partial charge in [-0.05, 0) is 6.07 Å². The molecule has 1 aromatic carbocycles. The second kappa shape index (κ2) is 4.02. The second-order valence-corrected chi connectivity index (χ2v) is 3.64. The zero-order valence-electron chi connectivity index (χ0n) is 8.90. The molecule has 0 aliphatic carbocycles. The zero-order valence-corrected chi connectivity index (χ0v) is 8.90. The Kier molecular flexibility index (Phi) is 2.70. The highest BCUT2D eigenvalue weighted by atomic mass is 16.5. The fourth-order valence-corrected chi connectivity index (χ4v) is 1.78. The SMILES string of the molecule is COc1cc2c(cc1C(=O)O)[C@@H](N)CCO2. The lowest BCUT2D eigenvalue weighted by atomic mass is 9.98. The van der Waals surface area contributed by atoms with Crippen LogP contribution in [0.3, 0.4) is 0 Å². The van der Waals surface area contributed by atoms with Crippen molar-refractivity contribution in [2.75, 3.05) is 13.7 Å². The van der Waals surface area contributed by atoms with Crippen LogP contribution in [0.5, 0.6) is 11.5 Å². The highest BCUT2D eigenvalue weighted by Gasteiger charge is 2.23. The predicted octanol–water partition coefficient (Wildman–Crippen LogP) is 1.18. The summed E-state index contributed by atoms with van der Waals surface area (Å²) in [5, 5.41) is 9.02. The molecule has 0 amide bonds. The van der Waals surface area contributed by atoms with Crippen LogP contribution in [0.2, 0.25) is 0 Å². The fraction of sp³-hybridized carbons (Fsp3) is 0.364. The topological polar surface area (TPSA) is 81.8 Å². The third kappa shape index (κ3) is 1.69. The maximum Gasteiger partial charge on any atom is 0.339 e. The largest absolute Gasteiger partial charge is 0.496 e. The van der Waals surface area contributed by atoms with Gasteiger partial charge in [-0.15, -0.1) is 0 Å². The van der Waals surface area contributed by atoms with Crippen molar-refractivity contribution in [1.29, 1.82) is 0 Å². The molecule has 2 rings (SSSR count). The van der Waals surface area contributed by atoms with Crippen molar-refractivity contribution in [2.45, 2.75) is 12.5 Å². The molecule has 1 aliphatic rings. The predicted molar refractivity (Wildman–Crippen MR) is 57.0 cm³/mol. The summed E-state index contributed by atoms with van der Waals surface area (Å²) in [5.74, 6) is -0.127. The van der Waals surface area contributed by atoms with Crippen molar-refractivity contribution < 1.29 is 19.4 Å². The Morgan fingerprint density at radius 3 is 3.00 bits per heavy atom. The van der Waals surface area contributed by atoms with Gasteiger partial charge in [0.05, 0.1) is 13.7 Å². The first-order valence-electron chi connectivity index (χ1n) is 4.97. The Morgan fingerprint density at radius 1 is 1.62 bits per heavy atom. The molecule has 86 valence electrons. The van der Waals surface area contributed by atoms with E-state index >= 15 is 0 Å². The van der Waals surface area contributed by atoms with E-state index in [-0.39, 0.29) is 11.6 Å². The van der Waals surface area contributed by atoms with Gasteiger partial charge in [-0.1, -0.05) is 0 Å². The number of carboxylic acids is 1. The lowest BCUT2D eigenvalue weighted by molar-refractivity contribution is 0.0693. The molecule has 0 fully saturated rings. The first kappa shape index (κ1) is 10.8. The van der Waals surface area contributed by atoms with Gasteiger partial charge in [-0.25, -0.2) is 4.79 Å². The van der Waals surface area contributed by atoms with Crippen molar-refractivity contribution in [3.05, 3.63) is 23.3 Å². The molecule has 0 spiro atoms. The van der Waals surface area contributed by atoms with Gasteiger partial charge in [0.2, 0.25) is 0 Å². The van der Waals surface area contributed by atoms with Crippen LogP contribution in [-0.2, 0) is 0 Å². The van der Waals surface area contributed by atoms with Gasteiger partial charge in [0, 0.05) is 24.1 Å². The Hall–Kier alpha value is -1.75. The molecule has 0 radical (unpaired) electrons. The number of hydrogen-bond acceptors (Lipinski definition) is 4. The summed E-state index contributed by atoms with van der Waals surface area (Å²) in [6, 6.07) is 2.94. The molecule has 0 saturated carbocycles. The van der Waals surface area contributed by atoms with Crippen LogP contribution >= 0.6 is 0 Å². The van der Waals surface area contributed by atoms with Crippen LogP contribution < -0.4 is 15.2 Å². The number of hydrogen-bond donors (Lipinski definition) is 2. The number of aromatic carboxylic acids is 1. The van der Waals surface area contributed by atoms with Crippen LogP contribution in [0.4, 0.5) is 0 Å². The molecule has 5 nitrogen and oxygen atoms in total. The van der Waals surface area contributed by atoms with Crippen LogP contribution in [0, 0.1) is 0 Å². The maximum absolute atomic E-state index is 11.0. The van der Waals surface area contributed by atoms with Crippen LogP contribution in [-0.4, -0.2) is 24.8 Å². The van der Waals surface area contributed by atoms with E-state index in [9.17, 15) is 4.79 Å². The molecular weight excluding hydrogens is 210 g/mol. The normalized spacial score (nSPS) is 18.5. The standard InChI is InChI=1S/C11H13NO4/c1-15-9-5-10-6(4-7(9)11(13)14)8(12)2-3-16-10/h4-5,8H,2-3,12H2,1H3,(H,13,14)/t8-/m0/s1. The molecule has 3 N–H and O–H groups in total. The first-order chi connectivity index (χ1) is 7.63. The highest BCUT2D eigenvalue weighted by molar-refractivity contribution is 5.91. The number of methoxy groups -OCH3 is 1. The van der Waals surface area contributed by atoms with E-state index in [0.29, 0.717) is 24.5 Å². The molecule has 16 heavy (non-hydrogen) atoms. The molecule has 0 bridgehead atoms. The van der Waals surface area contributed by atoms with Crippen molar-refractivity contribution in [3.8, 4) is 11.5 Å². The molecule has 1 heterocycles. The number of carbonyl (C=O) groups is 1. The molecular formula is C11H13NO4. The van der Waals surface area contributed by atoms with Gasteiger partial charge in [-0.2, -0.15) is 0 Å². The number of rotatable bonds is 2. The summed E-state index contributed by atoms with van der Waals surface area (Å²) < 4.78 is 10.4. The molecule has 0 aromatic heterocycles. The summed E-state index contributed by atoms with van der Waals surface area (Å²) in [6.07, 6.45) is 0.693. The minimum Gasteiger partial charge on any atom is -0.496 e. The van der Waals surface area contributed by atoms with E-state index < -0.39 is 5.97 Å². The number of fused-ring (bicyclic) bond motifs is 1. The third-order valence-electron chi connectivity index (χ3n) is 2.65. The highest BCUT2D eigenvalue weighted by Crippen LogP contribution is 2.36. The zero-order chi connectivity index (χ0) is 11.7. The smallest absolute Gasteiger partial charge is 0.339 e. The van der Waals surface area contributed by atoms with Crippen LogP contribution in [0.25, 0.3) is 0 Å². The van der Waals surface area contributed by atoms with Gasteiger partial charge in [-0.3, -0.25) is 0 Å². The fourth-order valence-electron chi connectivity index (χ4n) is 1.78. The van der Waals surface area contributed by atoms with Crippen LogP contribution in [0.15, 0.2) is 12.1 Å². The van der Waals surface area contributed by atoms with Gasteiger partial charge in [0.15, 0.2) is 0 Å². The molecule has 1 aliphatic heterocycles. The summed E-state index contributed by atoms with van der Waals surface area (Å²) >= 11 is 0. The lowest BCUT2D eigenvalue weighted by Crippen LogP contribution is -2.21. The van der Waals surface area contributed by atoms with Gasteiger partial charge < -0.3 is 20.3 Å². The number of nitrogens with two attached hydrogens (primary N) is 1. The number of ether oxygens (including phenoxy) is 2. The third-order valence-corrected chi connectivity index (χ3v) is 2.65. The summed E-state index contributed by atoms with van der Waals surface area (Å²) in [6.45, 7) is 0.545. The molecule has 0 saturated heterocycles. The average molecular weight is 223 g/mol. The van der Waals surface area contributed by atoms with E-state index in [1.807, 2.05) is 0 Å². The van der Waals surface area contributed by atoms with E-state index in [1.165, 1.54) is 13.2 Å². The van der Waals surface area contributed by atoms with Crippen molar-refractivity contribution in [1.82, 2.24) is 0 Å². The van der Waals surface area contributed by atoms with E-state index in [2.05, 4.69) is 0 Å². The van der Waals surface area contributed by atoms with Gasteiger partial charge in [0.1, 0.15) is 17.1 Å². The number of carboxylic acid groups (broad SMARTS) is 1. The summed E-state index contributed by atoms with van der Waals surface area (Å²) in [4.78, 5) is 11.0. The minimum absolute atomic E-state index is 0.113. The lowest BCUT2D eigenvalue weighted by Gasteiger charge is -2.24. The Bertz CT molecular complexity index is 430. The van der Waals surface area contributed by atoms with Crippen LogP contribution in [0.1, 0.15) is 28.4 Å². The average Bonchev–Trinajstić information content (AvgIpc) is 2.27. The van der Waals surface area contributed by atoms with E-state index in [0.717, 1.165) is 5.56 Å². The Labute approximate surface area is 92.8 Å². The van der Waals surface area contributed by atoms with E-state index in [4.69, 9.17) is 20.3 Å².